The van der Waals surface area contributed by atoms with Gasteiger partial charge in [0.1, 0.15) is 23.4 Å². The SMILES string of the molecule is N#CCC1(n2cc(-c3ncnc4[nH]ccc34)cn2)CC(N2CCN(C(=O)c3cccc(C(F)F)n3)CC2)C1. The minimum atomic E-state index is -2.71. The highest BCUT2D eigenvalue weighted by Crippen LogP contribution is 2.45. The molecule has 2 fully saturated rings. The lowest BCUT2D eigenvalue weighted by atomic mass is 9.70. The molecule has 1 amide bonds. The Balaban J connectivity index is 1.11. The van der Waals surface area contributed by atoms with Crippen molar-refractivity contribution >= 4 is 16.9 Å². The number of aromatic nitrogens is 6. The van der Waals surface area contributed by atoms with E-state index in [1.54, 1.807) is 11.1 Å². The first-order valence-electron chi connectivity index (χ1n) is 12.5. The van der Waals surface area contributed by atoms with Crippen molar-refractivity contribution in [3.63, 3.8) is 0 Å². The highest BCUT2D eigenvalue weighted by Gasteiger charge is 2.49. The Hall–Kier alpha value is -4.24. The molecule has 0 unspecified atom stereocenters. The van der Waals surface area contributed by atoms with Gasteiger partial charge in [0, 0.05) is 55.6 Å². The van der Waals surface area contributed by atoms with E-state index in [4.69, 9.17) is 0 Å². The van der Waals surface area contributed by atoms with Gasteiger partial charge in [-0.25, -0.2) is 23.7 Å². The lowest BCUT2D eigenvalue weighted by Crippen LogP contribution is -2.60. The number of piperazine rings is 1. The summed E-state index contributed by atoms with van der Waals surface area (Å²) in [5.74, 6) is -0.329. The van der Waals surface area contributed by atoms with Crippen molar-refractivity contribution < 1.29 is 13.6 Å². The highest BCUT2D eigenvalue weighted by atomic mass is 19.3. The highest BCUT2D eigenvalue weighted by molar-refractivity contribution is 5.92. The number of nitrogens with zero attached hydrogens (tertiary/aromatic N) is 8. The molecule has 0 spiro atoms. The van der Waals surface area contributed by atoms with Gasteiger partial charge in [-0.3, -0.25) is 14.4 Å². The number of alkyl halides is 2. The van der Waals surface area contributed by atoms with Crippen LogP contribution < -0.4 is 0 Å². The standard InChI is InChI=1S/C26H25F2N9O/c27-23(28)20-2-1-3-21(34-20)25(38)36-10-8-35(9-11-36)18-12-26(13-18,5-6-29)37-15-17(14-33-37)22-19-4-7-30-24(19)32-16-31-22/h1-4,7,14-16,18,23H,5,8-13H2,(H,30,31,32). The lowest BCUT2D eigenvalue weighted by molar-refractivity contribution is -0.0159. The lowest BCUT2D eigenvalue weighted by Gasteiger charge is -2.52. The molecule has 0 atom stereocenters. The van der Waals surface area contributed by atoms with E-state index in [0.717, 1.165) is 35.1 Å². The first kappa shape index (κ1) is 24.1. The third-order valence-corrected chi connectivity index (χ3v) is 7.67. The Morgan fingerprint density at radius 2 is 2.00 bits per heavy atom. The molecular weight excluding hydrogens is 492 g/mol. The van der Waals surface area contributed by atoms with Crippen LogP contribution in [0.2, 0.25) is 0 Å². The summed E-state index contributed by atoms with van der Waals surface area (Å²) in [6, 6.07) is 8.67. The summed E-state index contributed by atoms with van der Waals surface area (Å²) >= 11 is 0. The molecule has 1 saturated heterocycles. The van der Waals surface area contributed by atoms with E-state index in [1.807, 2.05) is 23.1 Å². The topological polar surface area (TPSA) is 120 Å². The molecule has 10 nitrogen and oxygen atoms in total. The van der Waals surface area contributed by atoms with Crippen LogP contribution in [-0.4, -0.2) is 77.6 Å². The monoisotopic (exact) mass is 517 g/mol. The van der Waals surface area contributed by atoms with Gasteiger partial charge in [0.15, 0.2) is 0 Å². The minimum absolute atomic E-state index is 0.0445. The zero-order valence-corrected chi connectivity index (χ0v) is 20.5. The van der Waals surface area contributed by atoms with Gasteiger partial charge < -0.3 is 9.88 Å². The number of nitriles is 1. The van der Waals surface area contributed by atoms with Crippen molar-refractivity contribution in [2.24, 2.45) is 0 Å². The van der Waals surface area contributed by atoms with Gasteiger partial charge in [0.05, 0.1) is 29.9 Å². The van der Waals surface area contributed by atoms with Gasteiger partial charge in [-0.05, 0) is 31.0 Å². The van der Waals surface area contributed by atoms with E-state index in [0.29, 0.717) is 32.6 Å². The molecular formula is C26H25F2N9O. The van der Waals surface area contributed by atoms with Gasteiger partial charge in [0.2, 0.25) is 0 Å². The number of hydrogen-bond donors (Lipinski definition) is 1. The molecule has 194 valence electrons. The van der Waals surface area contributed by atoms with Crippen molar-refractivity contribution in [1.82, 2.24) is 39.5 Å². The normalized spacial score (nSPS) is 21.9. The molecule has 1 N–H and O–H groups in total. The Morgan fingerprint density at radius 1 is 1.18 bits per heavy atom. The van der Waals surface area contributed by atoms with E-state index in [9.17, 15) is 18.8 Å². The van der Waals surface area contributed by atoms with Crippen molar-refractivity contribution in [3.8, 4) is 17.3 Å². The van der Waals surface area contributed by atoms with Crippen molar-refractivity contribution in [1.29, 1.82) is 5.26 Å². The Bertz CT molecular complexity index is 1510. The average molecular weight is 518 g/mol. The van der Waals surface area contributed by atoms with E-state index < -0.39 is 17.7 Å². The zero-order valence-electron chi connectivity index (χ0n) is 20.5. The van der Waals surface area contributed by atoms with Gasteiger partial charge >= 0.3 is 0 Å². The maximum absolute atomic E-state index is 13.0. The number of hydrogen-bond acceptors (Lipinski definition) is 7. The number of aromatic amines is 1. The quantitative estimate of drug-likeness (QED) is 0.416. The molecule has 12 heteroatoms. The fourth-order valence-corrected chi connectivity index (χ4v) is 5.59. The van der Waals surface area contributed by atoms with Crippen LogP contribution in [0.1, 0.15) is 41.9 Å². The number of nitrogens with one attached hydrogen (secondary N) is 1. The minimum Gasteiger partial charge on any atom is -0.346 e. The maximum atomic E-state index is 13.0. The summed E-state index contributed by atoms with van der Waals surface area (Å²) in [5.41, 5.74) is 1.68. The summed E-state index contributed by atoms with van der Waals surface area (Å²) in [5, 5.41) is 15.1. The Kier molecular flexibility index (Phi) is 6.07. The maximum Gasteiger partial charge on any atom is 0.280 e. The summed E-state index contributed by atoms with van der Waals surface area (Å²) < 4.78 is 27.9. The van der Waals surface area contributed by atoms with E-state index in [2.05, 4.69) is 36.0 Å². The third-order valence-electron chi connectivity index (χ3n) is 7.67. The molecule has 1 aliphatic heterocycles. The Morgan fingerprint density at radius 3 is 2.76 bits per heavy atom. The van der Waals surface area contributed by atoms with Crippen molar-refractivity contribution in [3.05, 3.63) is 60.6 Å². The second-order valence-electron chi connectivity index (χ2n) is 9.83. The molecule has 4 aromatic heterocycles. The van der Waals surface area contributed by atoms with E-state index >= 15 is 0 Å². The van der Waals surface area contributed by atoms with Crippen molar-refractivity contribution in [2.45, 2.75) is 37.3 Å². The summed E-state index contributed by atoms with van der Waals surface area (Å²) in [6.45, 7) is 2.33. The summed E-state index contributed by atoms with van der Waals surface area (Å²) in [4.78, 5) is 32.5. The predicted molar refractivity (Wildman–Crippen MR) is 133 cm³/mol. The number of rotatable bonds is 6. The van der Waals surface area contributed by atoms with Gasteiger partial charge in [0.25, 0.3) is 12.3 Å². The number of carbonyl (C=O) groups is 1. The van der Waals surface area contributed by atoms with Crippen LogP contribution >= 0.6 is 0 Å². The molecule has 2 aliphatic rings. The molecule has 0 bridgehead atoms. The van der Waals surface area contributed by atoms with Gasteiger partial charge in [-0.1, -0.05) is 6.07 Å². The molecule has 0 radical (unpaired) electrons. The number of amides is 1. The zero-order chi connectivity index (χ0) is 26.3. The molecule has 1 aliphatic carbocycles. The number of H-pyrrole nitrogens is 1. The molecule has 38 heavy (non-hydrogen) atoms. The molecule has 6 rings (SSSR count). The molecule has 5 heterocycles. The van der Waals surface area contributed by atoms with Crippen LogP contribution in [0.25, 0.3) is 22.3 Å². The second-order valence-corrected chi connectivity index (χ2v) is 9.83. The number of fused-ring (bicyclic) bond motifs is 1. The van der Waals surface area contributed by atoms with E-state index in [1.165, 1.54) is 24.5 Å². The molecule has 4 aromatic rings. The van der Waals surface area contributed by atoms with Crippen LogP contribution in [-0.2, 0) is 5.54 Å². The first-order valence-corrected chi connectivity index (χ1v) is 12.5. The van der Waals surface area contributed by atoms with Crippen LogP contribution in [0.3, 0.4) is 0 Å². The van der Waals surface area contributed by atoms with Crippen LogP contribution in [0.4, 0.5) is 8.78 Å². The van der Waals surface area contributed by atoms with Crippen LogP contribution in [0.15, 0.2) is 49.2 Å². The summed E-state index contributed by atoms with van der Waals surface area (Å²) in [7, 11) is 0. The summed E-state index contributed by atoms with van der Waals surface area (Å²) in [6.07, 6.45) is 6.26. The fraction of sp³-hybridized carbons (Fsp3) is 0.385. The molecule has 0 aromatic carbocycles. The number of halogens is 2. The van der Waals surface area contributed by atoms with Gasteiger partial charge in [-0.15, -0.1) is 0 Å². The smallest absolute Gasteiger partial charge is 0.280 e. The average Bonchev–Trinajstić information content (AvgIpc) is 3.61. The van der Waals surface area contributed by atoms with Crippen LogP contribution in [0.5, 0.6) is 0 Å². The predicted octanol–water partition coefficient (Wildman–Crippen LogP) is 3.38. The van der Waals surface area contributed by atoms with Crippen molar-refractivity contribution in [2.75, 3.05) is 26.2 Å². The van der Waals surface area contributed by atoms with E-state index in [-0.39, 0.29) is 17.6 Å². The van der Waals surface area contributed by atoms with Crippen LogP contribution in [0, 0.1) is 11.3 Å². The number of pyridine rings is 1. The largest absolute Gasteiger partial charge is 0.346 e. The number of carbonyl (C=O) groups excluding carboxylic acids is 1. The second kappa shape index (κ2) is 9.57. The third kappa shape index (κ3) is 4.18. The Labute approximate surface area is 216 Å². The molecule has 1 saturated carbocycles. The van der Waals surface area contributed by atoms with Gasteiger partial charge in [-0.2, -0.15) is 10.4 Å². The first-order chi connectivity index (χ1) is 18.5. The fourth-order valence-electron chi connectivity index (χ4n) is 5.59.